The lowest BCUT2D eigenvalue weighted by Crippen LogP contribution is -2.38. The topological polar surface area (TPSA) is 63.7 Å². The van der Waals surface area contributed by atoms with Crippen LogP contribution >= 0.6 is 0 Å². The van der Waals surface area contributed by atoms with Gasteiger partial charge in [-0.3, -0.25) is 0 Å². The largest absolute Gasteiger partial charge is 0.448 e. The minimum absolute atomic E-state index is 0.0286. The summed E-state index contributed by atoms with van der Waals surface area (Å²) in [6, 6.07) is 6.25. The third-order valence-corrected chi connectivity index (χ3v) is 4.73. The molecule has 0 N–H and O–H groups in total. The summed E-state index contributed by atoms with van der Waals surface area (Å²) in [6.07, 6.45) is 2.04. The smallest absolute Gasteiger partial charge is 0.424 e. The highest BCUT2D eigenvalue weighted by atomic mass is 32.2. The maximum absolute atomic E-state index is 12.6. The molecule has 1 amide bonds. The minimum atomic E-state index is -3.99. The summed E-state index contributed by atoms with van der Waals surface area (Å²) in [5, 5.41) is 0. The van der Waals surface area contributed by atoms with Crippen molar-refractivity contribution in [3.05, 3.63) is 60.9 Å². The summed E-state index contributed by atoms with van der Waals surface area (Å²) < 4.78 is 30.9. The molecule has 0 fully saturated rings. The molecule has 0 aliphatic carbocycles. The average Bonchev–Trinajstić information content (AvgIpc) is 2.51. The number of ether oxygens (including phenoxy) is 1. The predicted octanol–water partition coefficient (Wildman–Crippen LogP) is 3.29. The first-order valence-corrected chi connectivity index (χ1v) is 8.50. The zero-order valence-corrected chi connectivity index (χ0v) is 14.2. The number of hydrogen-bond acceptors (Lipinski definition) is 4. The Morgan fingerprint density at radius 1 is 1.39 bits per heavy atom. The minimum Gasteiger partial charge on any atom is -0.448 e. The number of carbonyl (C=O) groups is 1. The van der Waals surface area contributed by atoms with E-state index in [-0.39, 0.29) is 24.0 Å². The lowest BCUT2D eigenvalue weighted by Gasteiger charge is -2.21. The standard InChI is InChI=1S/C17H21NO4S/c1-5-7-15(4)13-22-17(19)18(12-6-2)23(20,21)16-10-8-14(3)9-11-16/h6-11,15H,1-2,12-13H2,3-4H3. The van der Waals surface area contributed by atoms with E-state index in [2.05, 4.69) is 18.9 Å². The molecule has 0 aromatic heterocycles. The lowest BCUT2D eigenvalue weighted by molar-refractivity contribution is 0.119. The van der Waals surface area contributed by atoms with E-state index in [1.54, 1.807) is 25.1 Å². The molecule has 1 rings (SSSR count). The molecule has 0 aliphatic heterocycles. The highest BCUT2D eigenvalue weighted by Crippen LogP contribution is 2.17. The second kappa shape index (κ2) is 8.36. The van der Waals surface area contributed by atoms with Crippen LogP contribution in [0.2, 0.25) is 0 Å². The molecule has 1 aromatic rings. The van der Waals surface area contributed by atoms with E-state index in [4.69, 9.17) is 4.74 Å². The average molecular weight is 335 g/mol. The van der Waals surface area contributed by atoms with Gasteiger partial charge in [-0.15, -0.1) is 12.3 Å². The molecule has 124 valence electrons. The summed E-state index contributed by atoms with van der Waals surface area (Å²) in [5.74, 6) is -0.107. The van der Waals surface area contributed by atoms with E-state index < -0.39 is 16.1 Å². The lowest BCUT2D eigenvalue weighted by atomic mass is 10.2. The SMILES string of the molecule is C=C=CC(C)COC(=O)N(CC=C)S(=O)(=O)c1ccc(C)cc1. The van der Waals surface area contributed by atoms with Gasteiger partial charge >= 0.3 is 6.09 Å². The van der Waals surface area contributed by atoms with Crippen molar-refractivity contribution in [3.8, 4) is 0 Å². The van der Waals surface area contributed by atoms with Crippen molar-refractivity contribution in [2.24, 2.45) is 5.92 Å². The zero-order valence-electron chi connectivity index (χ0n) is 13.4. The first-order valence-electron chi connectivity index (χ1n) is 7.06. The Labute approximate surface area is 137 Å². The molecule has 0 saturated heterocycles. The van der Waals surface area contributed by atoms with Gasteiger partial charge in [0, 0.05) is 5.92 Å². The Morgan fingerprint density at radius 2 is 2.00 bits per heavy atom. The van der Waals surface area contributed by atoms with Crippen LogP contribution in [0, 0.1) is 12.8 Å². The van der Waals surface area contributed by atoms with Gasteiger partial charge in [0.05, 0.1) is 18.0 Å². The summed E-state index contributed by atoms with van der Waals surface area (Å²) in [5.41, 5.74) is 3.52. The number of rotatable bonds is 7. The van der Waals surface area contributed by atoms with Crippen LogP contribution in [0.3, 0.4) is 0 Å². The summed E-state index contributed by atoms with van der Waals surface area (Å²) in [6.45, 7) is 10.5. The maximum atomic E-state index is 12.6. The molecule has 6 heteroatoms. The predicted molar refractivity (Wildman–Crippen MR) is 89.5 cm³/mol. The highest BCUT2D eigenvalue weighted by Gasteiger charge is 2.29. The van der Waals surface area contributed by atoms with Gasteiger partial charge < -0.3 is 4.74 Å². The fourth-order valence-corrected chi connectivity index (χ4v) is 3.03. The van der Waals surface area contributed by atoms with Crippen LogP contribution in [0.4, 0.5) is 4.79 Å². The van der Waals surface area contributed by atoms with Crippen LogP contribution in [-0.2, 0) is 14.8 Å². The van der Waals surface area contributed by atoms with E-state index in [0.717, 1.165) is 5.56 Å². The molecule has 0 spiro atoms. The van der Waals surface area contributed by atoms with Gasteiger partial charge in [0.25, 0.3) is 10.0 Å². The van der Waals surface area contributed by atoms with Crippen LogP contribution in [-0.4, -0.2) is 32.0 Å². The molecule has 1 atom stereocenters. The van der Waals surface area contributed by atoms with E-state index >= 15 is 0 Å². The van der Waals surface area contributed by atoms with Gasteiger partial charge in [0.15, 0.2) is 0 Å². The number of aryl methyl sites for hydroxylation is 1. The summed E-state index contributed by atoms with van der Waals surface area (Å²) in [4.78, 5) is 12.2. The third-order valence-electron chi connectivity index (χ3n) is 2.98. The molecule has 0 radical (unpaired) electrons. The zero-order chi connectivity index (χ0) is 17.5. The van der Waals surface area contributed by atoms with E-state index in [0.29, 0.717) is 4.31 Å². The normalized spacial score (nSPS) is 11.9. The third kappa shape index (κ3) is 5.13. The Balaban J connectivity index is 2.99. The monoisotopic (exact) mass is 335 g/mol. The molecule has 0 saturated carbocycles. The van der Waals surface area contributed by atoms with Crippen LogP contribution in [0.5, 0.6) is 0 Å². The van der Waals surface area contributed by atoms with Gasteiger partial charge in [-0.05, 0) is 25.1 Å². The summed E-state index contributed by atoms with van der Waals surface area (Å²) in [7, 11) is -3.99. The second-order valence-electron chi connectivity index (χ2n) is 5.06. The van der Waals surface area contributed by atoms with Gasteiger partial charge in [-0.1, -0.05) is 37.3 Å². The van der Waals surface area contributed by atoms with Gasteiger partial charge in [0.2, 0.25) is 0 Å². The molecule has 1 unspecified atom stereocenters. The molecular formula is C17H21NO4S. The first kappa shape index (κ1) is 18.7. The number of hydrogen-bond donors (Lipinski definition) is 0. The Kier molecular flexibility index (Phi) is 6.82. The van der Waals surface area contributed by atoms with Gasteiger partial charge in [0.1, 0.15) is 0 Å². The molecule has 23 heavy (non-hydrogen) atoms. The number of amides is 1. The molecule has 0 aliphatic rings. The molecular weight excluding hydrogens is 314 g/mol. The summed E-state index contributed by atoms with van der Waals surface area (Å²) >= 11 is 0. The molecule has 0 bridgehead atoms. The maximum Gasteiger partial charge on any atom is 0.424 e. The van der Waals surface area contributed by atoms with E-state index in [1.165, 1.54) is 18.2 Å². The number of benzene rings is 1. The van der Waals surface area contributed by atoms with Gasteiger partial charge in [-0.25, -0.2) is 13.2 Å². The molecule has 1 aromatic carbocycles. The quantitative estimate of drug-likeness (QED) is 0.566. The van der Waals surface area contributed by atoms with Crippen LogP contribution in [0.25, 0.3) is 0 Å². The Bertz CT molecular complexity index is 701. The van der Waals surface area contributed by atoms with Crippen molar-refractivity contribution in [3.63, 3.8) is 0 Å². The van der Waals surface area contributed by atoms with Crippen LogP contribution < -0.4 is 0 Å². The van der Waals surface area contributed by atoms with Crippen molar-refractivity contribution in [1.29, 1.82) is 0 Å². The number of nitrogens with zero attached hydrogens (tertiary/aromatic N) is 1. The number of carbonyl (C=O) groups excluding carboxylic acids is 1. The Morgan fingerprint density at radius 3 is 2.52 bits per heavy atom. The highest BCUT2D eigenvalue weighted by molar-refractivity contribution is 7.89. The van der Waals surface area contributed by atoms with Crippen molar-refractivity contribution < 1.29 is 17.9 Å². The number of sulfonamides is 1. The second-order valence-corrected chi connectivity index (χ2v) is 6.93. The Hall–Kier alpha value is -2.30. The van der Waals surface area contributed by atoms with E-state index in [9.17, 15) is 13.2 Å². The molecule has 5 nitrogen and oxygen atoms in total. The van der Waals surface area contributed by atoms with Crippen LogP contribution in [0.1, 0.15) is 12.5 Å². The fourth-order valence-electron chi connectivity index (χ4n) is 1.75. The van der Waals surface area contributed by atoms with Gasteiger partial charge in [-0.2, -0.15) is 4.31 Å². The van der Waals surface area contributed by atoms with E-state index in [1.807, 2.05) is 6.92 Å². The van der Waals surface area contributed by atoms with Crippen molar-refractivity contribution >= 4 is 16.1 Å². The van der Waals surface area contributed by atoms with Crippen molar-refractivity contribution in [2.45, 2.75) is 18.7 Å². The fraction of sp³-hybridized carbons (Fsp3) is 0.294. The van der Waals surface area contributed by atoms with Crippen molar-refractivity contribution in [1.82, 2.24) is 4.31 Å². The van der Waals surface area contributed by atoms with Crippen LogP contribution in [0.15, 0.2) is 60.2 Å². The molecule has 0 heterocycles. The van der Waals surface area contributed by atoms with Crippen molar-refractivity contribution in [2.75, 3.05) is 13.2 Å². The first-order chi connectivity index (χ1) is 10.8.